The average Bonchev–Trinajstić information content (AvgIpc) is 2.25. The number of rotatable bonds is 5. The molecule has 1 rings (SSSR count). The highest BCUT2D eigenvalue weighted by molar-refractivity contribution is 14.1. The van der Waals surface area contributed by atoms with E-state index < -0.39 is 0 Å². The second kappa shape index (κ2) is 7.44. The number of hydrogen-bond acceptors (Lipinski definition) is 2. The molecule has 0 aliphatic carbocycles. The Bertz CT molecular complexity index is 191. The van der Waals surface area contributed by atoms with E-state index in [0.717, 1.165) is 55.7 Å². The summed E-state index contributed by atoms with van der Waals surface area (Å²) in [5, 5.41) is 0. The molecule has 3 nitrogen and oxygen atoms in total. The van der Waals surface area contributed by atoms with Gasteiger partial charge in [0, 0.05) is 23.4 Å². The summed E-state index contributed by atoms with van der Waals surface area (Å²) >= 11 is 2.48. The summed E-state index contributed by atoms with van der Waals surface area (Å²) in [5.41, 5.74) is 5.41. The van der Waals surface area contributed by atoms with E-state index in [1.54, 1.807) is 0 Å². The number of amides is 1. The predicted molar refractivity (Wildman–Crippen MR) is 71.1 cm³/mol. The van der Waals surface area contributed by atoms with Gasteiger partial charge in [-0.15, -0.1) is 0 Å². The summed E-state index contributed by atoms with van der Waals surface area (Å²) in [6.45, 7) is 2.67. The highest BCUT2D eigenvalue weighted by atomic mass is 127. The Hall–Kier alpha value is 0.160. The molecule has 1 aliphatic rings. The molecule has 0 radical (unpaired) electrons. The summed E-state index contributed by atoms with van der Waals surface area (Å²) in [7, 11) is 0. The number of nitrogens with zero attached hydrogens (tertiary/aromatic N) is 1. The molecule has 1 fully saturated rings. The van der Waals surface area contributed by atoms with E-state index >= 15 is 0 Å². The van der Waals surface area contributed by atoms with E-state index in [-0.39, 0.29) is 0 Å². The highest BCUT2D eigenvalue weighted by Gasteiger charge is 2.20. The zero-order chi connectivity index (χ0) is 11.1. The standard InChI is InChI=1S/C11H21IN2O/c12-10-5-8-14(9-6-10)11(15)4-2-1-3-7-13/h10H,1-9,13H2. The Balaban J connectivity index is 2.11. The van der Waals surface area contributed by atoms with Gasteiger partial charge in [-0.2, -0.15) is 0 Å². The molecule has 0 atom stereocenters. The van der Waals surface area contributed by atoms with Crippen LogP contribution in [0.2, 0.25) is 0 Å². The smallest absolute Gasteiger partial charge is 0.222 e. The van der Waals surface area contributed by atoms with Crippen LogP contribution in [0.25, 0.3) is 0 Å². The quantitative estimate of drug-likeness (QED) is 0.477. The Labute approximate surface area is 106 Å². The number of hydrogen-bond donors (Lipinski definition) is 1. The Morgan fingerprint density at radius 3 is 2.53 bits per heavy atom. The molecule has 15 heavy (non-hydrogen) atoms. The van der Waals surface area contributed by atoms with E-state index in [2.05, 4.69) is 22.6 Å². The molecule has 0 aromatic carbocycles. The minimum atomic E-state index is 0.343. The van der Waals surface area contributed by atoms with Gasteiger partial charge in [-0.3, -0.25) is 4.79 Å². The molecule has 0 unspecified atom stereocenters. The first kappa shape index (κ1) is 13.2. The molecule has 0 spiro atoms. The number of piperidine rings is 1. The van der Waals surface area contributed by atoms with Gasteiger partial charge < -0.3 is 10.6 Å². The lowest BCUT2D eigenvalue weighted by molar-refractivity contribution is -0.132. The minimum Gasteiger partial charge on any atom is -0.343 e. The first-order valence-corrected chi connectivity index (χ1v) is 7.10. The summed E-state index contributed by atoms with van der Waals surface area (Å²) in [4.78, 5) is 13.8. The van der Waals surface area contributed by atoms with E-state index in [0.29, 0.717) is 12.3 Å². The van der Waals surface area contributed by atoms with Crippen LogP contribution in [-0.4, -0.2) is 34.4 Å². The van der Waals surface area contributed by atoms with E-state index in [1.165, 1.54) is 0 Å². The number of likely N-dealkylation sites (tertiary alicyclic amines) is 1. The zero-order valence-electron chi connectivity index (χ0n) is 9.25. The van der Waals surface area contributed by atoms with E-state index in [1.807, 2.05) is 4.90 Å². The molecule has 1 saturated heterocycles. The van der Waals surface area contributed by atoms with Crippen LogP contribution in [0.4, 0.5) is 0 Å². The van der Waals surface area contributed by atoms with Crippen LogP contribution in [0, 0.1) is 0 Å². The SMILES string of the molecule is NCCCCCC(=O)N1CCC(I)CC1. The Morgan fingerprint density at radius 1 is 1.27 bits per heavy atom. The second-order valence-corrected chi connectivity index (χ2v) is 5.92. The van der Waals surface area contributed by atoms with Crippen molar-refractivity contribution >= 4 is 28.5 Å². The number of carbonyl (C=O) groups excluding carboxylic acids is 1. The van der Waals surface area contributed by atoms with Crippen LogP contribution in [-0.2, 0) is 4.79 Å². The summed E-state index contributed by atoms with van der Waals surface area (Å²) in [6.07, 6.45) is 6.17. The Morgan fingerprint density at radius 2 is 1.93 bits per heavy atom. The number of alkyl halides is 1. The fourth-order valence-corrected chi connectivity index (χ4v) is 2.41. The van der Waals surface area contributed by atoms with Gasteiger partial charge in [0.2, 0.25) is 5.91 Å². The normalized spacial score (nSPS) is 18.1. The van der Waals surface area contributed by atoms with Gasteiger partial charge >= 0.3 is 0 Å². The van der Waals surface area contributed by atoms with Gasteiger partial charge in [-0.25, -0.2) is 0 Å². The highest BCUT2D eigenvalue weighted by Crippen LogP contribution is 2.18. The van der Waals surface area contributed by atoms with Crippen LogP contribution in [0.1, 0.15) is 38.5 Å². The molecule has 2 N–H and O–H groups in total. The zero-order valence-corrected chi connectivity index (χ0v) is 11.4. The van der Waals surface area contributed by atoms with E-state index in [9.17, 15) is 4.79 Å². The molecule has 88 valence electrons. The van der Waals surface area contributed by atoms with Gasteiger partial charge in [0.05, 0.1) is 0 Å². The lowest BCUT2D eigenvalue weighted by Gasteiger charge is -2.29. The third-order valence-corrected chi connectivity index (χ3v) is 4.12. The maximum absolute atomic E-state index is 11.8. The second-order valence-electron chi connectivity index (χ2n) is 4.15. The number of nitrogens with two attached hydrogens (primary N) is 1. The van der Waals surface area contributed by atoms with Crippen LogP contribution in [0.3, 0.4) is 0 Å². The third kappa shape index (κ3) is 5.15. The van der Waals surface area contributed by atoms with Crippen molar-refractivity contribution in [3.05, 3.63) is 0 Å². The molecule has 4 heteroatoms. The largest absolute Gasteiger partial charge is 0.343 e. The van der Waals surface area contributed by atoms with Crippen molar-refractivity contribution in [1.29, 1.82) is 0 Å². The maximum Gasteiger partial charge on any atom is 0.222 e. The first-order chi connectivity index (χ1) is 7.24. The van der Waals surface area contributed by atoms with Gasteiger partial charge in [-0.1, -0.05) is 29.0 Å². The molecular weight excluding hydrogens is 303 g/mol. The van der Waals surface area contributed by atoms with E-state index in [4.69, 9.17) is 5.73 Å². The van der Waals surface area contributed by atoms with Crippen molar-refractivity contribution in [2.75, 3.05) is 19.6 Å². The van der Waals surface area contributed by atoms with Crippen molar-refractivity contribution in [3.8, 4) is 0 Å². The van der Waals surface area contributed by atoms with Crippen molar-refractivity contribution in [2.45, 2.75) is 42.4 Å². The molecule has 1 amide bonds. The van der Waals surface area contributed by atoms with Crippen molar-refractivity contribution in [1.82, 2.24) is 4.90 Å². The lowest BCUT2D eigenvalue weighted by atomic mass is 10.1. The van der Waals surface area contributed by atoms with Gasteiger partial charge in [0.1, 0.15) is 0 Å². The van der Waals surface area contributed by atoms with Crippen molar-refractivity contribution in [3.63, 3.8) is 0 Å². The average molecular weight is 324 g/mol. The summed E-state index contributed by atoms with van der Waals surface area (Å²) in [5.74, 6) is 0.343. The molecule has 0 bridgehead atoms. The van der Waals surface area contributed by atoms with Crippen LogP contribution in [0.5, 0.6) is 0 Å². The van der Waals surface area contributed by atoms with Crippen molar-refractivity contribution < 1.29 is 4.79 Å². The van der Waals surface area contributed by atoms with Crippen LogP contribution in [0.15, 0.2) is 0 Å². The van der Waals surface area contributed by atoms with Gasteiger partial charge in [-0.05, 0) is 32.2 Å². The minimum absolute atomic E-state index is 0.343. The first-order valence-electron chi connectivity index (χ1n) is 5.86. The molecule has 0 saturated carbocycles. The maximum atomic E-state index is 11.8. The fourth-order valence-electron chi connectivity index (χ4n) is 1.85. The number of unbranched alkanes of at least 4 members (excludes halogenated alkanes) is 2. The molecule has 0 aromatic heterocycles. The fraction of sp³-hybridized carbons (Fsp3) is 0.909. The van der Waals surface area contributed by atoms with Crippen LogP contribution >= 0.6 is 22.6 Å². The molecule has 0 aromatic rings. The van der Waals surface area contributed by atoms with Gasteiger partial charge in [0.25, 0.3) is 0 Å². The summed E-state index contributed by atoms with van der Waals surface area (Å²) < 4.78 is 0.767. The lowest BCUT2D eigenvalue weighted by Crippen LogP contribution is -2.38. The molecule has 1 heterocycles. The Kier molecular flexibility index (Phi) is 6.56. The predicted octanol–water partition coefficient (Wildman–Crippen LogP) is 1.93. The molecule has 1 aliphatic heterocycles. The topological polar surface area (TPSA) is 46.3 Å². The van der Waals surface area contributed by atoms with Gasteiger partial charge in [0.15, 0.2) is 0 Å². The van der Waals surface area contributed by atoms with Crippen molar-refractivity contribution in [2.24, 2.45) is 5.73 Å². The third-order valence-electron chi connectivity index (χ3n) is 2.87. The van der Waals surface area contributed by atoms with Crippen LogP contribution < -0.4 is 5.73 Å². The number of carbonyl (C=O) groups is 1. The summed E-state index contributed by atoms with van der Waals surface area (Å²) in [6, 6.07) is 0. The monoisotopic (exact) mass is 324 g/mol. The molecular formula is C11H21IN2O. The number of halogens is 1.